The molecule has 0 aromatic heterocycles. The first-order valence-electron chi connectivity index (χ1n) is 6.23. The quantitative estimate of drug-likeness (QED) is 0.497. The van der Waals surface area contributed by atoms with Crippen LogP contribution in [0.25, 0.3) is 0 Å². The molecule has 1 amide bonds. The monoisotopic (exact) mass is 307 g/mol. The minimum absolute atomic E-state index is 0.0808. The molecule has 1 aromatic rings. The molecule has 1 N–H and O–H groups in total. The van der Waals surface area contributed by atoms with Crippen LogP contribution in [0.3, 0.4) is 0 Å². The number of methoxy groups -OCH3 is 1. The molecular weight excluding hydrogens is 294 g/mol. The van der Waals surface area contributed by atoms with E-state index >= 15 is 0 Å². The van der Waals surface area contributed by atoms with Crippen molar-refractivity contribution in [3.63, 3.8) is 0 Å². The first kappa shape index (κ1) is 15.6. The van der Waals surface area contributed by atoms with Gasteiger partial charge in [0.1, 0.15) is 0 Å². The molecule has 0 aliphatic carbocycles. The number of ether oxygens (including phenoxy) is 1. The lowest BCUT2D eigenvalue weighted by molar-refractivity contribution is -0.384. The fourth-order valence-corrected chi connectivity index (χ4v) is 2.00. The van der Waals surface area contributed by atoms with Gasteiger partial charge in [0.05, 0.1) is 12.0 Å². The third-order valence-corrected chi connectivity index (χ3v) is 3.12. The van der Waals surface area contributed by atoms with Gasteiger partial charge >= 0.3 is 5.97 Å². The maximum Gasteiger partial charge on any atom is 0.354 e. The number of nitrogens with zero attached hydrogens (tertiary/aromatic N) is 3. The van der Waals surface area contributed by atoms with Gasteiger partial charge in [0.25, 0.3) is 11.6 Å². The first-order valence-corrected chi connectivity index (χ1v) is 6.23. The maximum absolute atomic E-state index is 12.3. The molecule has 9 heteroatoms. The Kier molecular flexibility index (Phi) is 3.91. The van der Waals surface area contributed by atoms with Crippen molar-refractivity contribution >= 4 is 23.3 Å². The fraction of sp³-hybridized carbons (Fsp3) is 0.308. The lowest BCUT2D eigenvalue weighted by Crippen LogP contribution is -2.43. The molecule has 22 heavy (non-hydrogen) atoms. The highest BCUT2D eigenvalue weighted by Crippen LogP contribution is 2.27. The molecule has 1 atom stereocenters. The Balaban J connectivity index is 2.29. The highest BCUT2D eigenvalue weighted by molar-refractivity contribution is 6.37. The van der Waals surface area contributed by atoms with Gasteiger partial charge in [-0.1, -0.05) is 0 Å². The molecule has 0 fully saturated rings. The minimum Gasteiger partial charge on any atom is -0.464 e. The van der Waals surface area contributed by atoms with E-state index < -0.39 is 22.5 Å². The molecular formula is C13H13N3O6. The zero-order valence-electron chi connectivity index (χ0n) is 11.8. The summed E-state index contributed by atoms with van der Waals surface area (Å²) in [4.78, 5) is 33.8. The lowest BCUT2D eigenvalue weighted by Gasteiger charge is -2.26. The van der Waals surface area contributed by atoms with Crippen molar-refractivity contribution in [1.82, 2.24) is 5.01 Å². The van der Waals surface area contributed by atoms with E-state index in [1.165, 1.54) is 38.3 Å². The zero-order chi connectivity index (χ0) is 16.5. The molecule has 0 spiro atoms. The standard InChI is InChI=1S/C13H13N3O6/c1-13(19)7-10(12(18)22-2)14-15(13)11(17)8-3-5-9(6-4-8)16(20)21/h3-6,19H,7H2,1-2H3/t13-/m0/s1. The smallest absolute Gasteiger partial charge is 0.354 e. The van der Waals surface area contributed by atoms with Crippen LogP contribution in [0.1, 0.15) is 23.7 Å². The van der Waals surface area contributed by atoms with Gasteiger partial charge in [0.2, 0.25) is 0 Å². The van der Waals surface area contributed by atoms with E-state index in [4.69, 9.17) is 0 Å². The highest BCUT2D eigenvalue weighted by atomic mass is 16.6. The van der Waals surface area contributed by atoms with Gasteiger partial charge in [0, 0.05) is 24.1 Å². The Bertz CT molecular complexity index is 665. The second kappa shape index (κ2) is 5.53. The van der Waals surface area contributed by atoms with Crippen molar-refractivity contribution in [1.29, 1.82) is 0 Å². The van der Waals surface area contributed by atoms with Gasteiger partial charge in [-0.25, -0.2) is 4.79 Å². The van der Waals surface area contributed by atoms with Crippen LogP contribution in [0.5, 0.6) is 0 Å². The lowest BCUT2D eigenvalue weighted by atomic mass is 10.1. The largest absolute Gasteiger partial charge is 0.464 e. The van der Waals surface area contributed by atoms with Crippen molar-refractivity contribution < 1.29 is 24.4 Å². The molecule has 1 aromatic carbocycles. The second-order valence-electron chi connectivity index (χ2n) is 4.85. The van der Waals surface area contributed by atoms with E-state index in [-0.39, 0.29) is 23.4 Å². The molecule has 1 aliphatic rings. The third-order valence-electron chi connectivity index (χ3n) is 3.12. The third kappa shape index (κ3) is 2.79. The summed E-state index contributed by atoms with van der Waals surface area (Å²) in [6.45, 7) is 1.33. The number of aliphatic hydroxyl groups is 1. The van der Waals surface area contributed by atoms with E-state index in [1.54, 1.807) is 0 Å². The summed E-state index contributed by atoms with van der Waals surface area (Å²) >= 11 is 0. The Morgan fingerprint density at radius 3 is 2.50 bits per heavy atom. The molecule has 1 aliphatic heterocycles. The normalized spacial score (nSPS) is 20.5. The van der Waals surface area contributed by atoms with E-state index in [0.717, 1.165) is 5.01 Å². The Labute approximate surface area is 124 Å². The second-order valence-corrected chi connectivity index (χ2v) is 4.85. The molecule has 1 heterocycles. The Hall–Kier alpha value is -2.81. The molecule has 116 valence electrons. The molecule has 0 saturated heterocycles. The average molecular weight is 307 g/mol. The van der Waals surface area contributed by atoms with Crippen LogP contribution in [0, 0.1) is 10.1 Å². The molecule has 2 rings (SSSR count). The van der Waals surface area contributed by atoms with Gasteiger partial charge in [-0.05, 0) is 19.1 Å². The van der Waals surface area contributed by atoms with Gasteiger partial charge in [-0.3, -0.25) is 14.9 Å². The van der Waals surface area contributed by atoms with Crippen LogP contribution in [-0.4, -0.2) is 45.5 Å². The van der Waals surface area contributed by atoms with E-state index in [0.29, 0.717) is 0 Å². The summed E-state index contributed by atoms with van der Waals surface area (Å²) in [6, 6.07) is 4.84. The number of esters is 1. The average Bonchev–Trinajstić information content (AvgIpc) is 2.81. The van der Waals surface area contributed by atoms with Crippen molar-refractivity contribution in [2.45, 2.75) is 19.1 Å². The van der Waals surface area contributed by atoms with Gasteiger partial charge in [-0.2, -0.15) is 10.1 Å². The molecule has 0 radical (unpaired) electrons. The Morgan fingerprint density at radius 2 is 2.00 bits per heavy atom. The van der Waals surface area contributed by atoms with Crippen LogP contribution in [0.15, 0.2) is 29.4 Å². The van der Waals surface area contributed by atoms with Crippen LogP contribution in [-0.2, 0) is 9.53 Å². The number of non-ortho nitro benzene ring substituents is 1. The van der Waals surface area contributed by atoms with Gasteiger partial charge in [-0.15, -0.1) is 0 Å². The van der Waals surface area contributed by atoms with Crippen LogP contribution >= 0.6 is 0 Å². The predicted molar refractivity (Wildman–Crippen MR) is 74.0 cm³/mol. The molecule has 9 nitrogen and oxygen atoms in total. The maximum atomic E-state index is 12.3. The number of carbonyl (C=O) groups excluding carboxylic acids is 2. The molecule has 0 bridgehead atoms. The number of benzene rings is 1. The van der Waals surface area contributed by atoms with E-state index in [1.807, 2.05) is 0 Å². The zero-order valence-corrected chi connectivity index (χ0v) is 11.8. The summed E-state index contributed by atoms with van der Waals surface area (Å²) in [5.41, 5.74) is -1.82. The number of rotatable bonds is 3. The predicted octanol–water partition coefficient (Wildman–Crippen LogP) is 0.678. The van der Waals surface area contributed by atoms with Gasteiger partial charge in [0.15, 0.2) is 11.4 Å². The SMILES string of the molecule is COC(=O)C1=NN(C(=O)c2ccc([N+](=O)[O-])cc2)[C@@](C)(O)C1. The van der Waals surface area contributed by atoms with Crippen molar-refractivity contribution in [3.05, 3.63) is 39.9 Å². The van der Waals surface area contributed by atoms with Crippen LogP contribution in [0.4, 0.5) is 5.69 Å². The summed E-state index contributed by atoms with van der Waals surface area (Å²) in [6.07, 6.45) is -0.168. The summed E-state index contributed by atoms with van der Waals surface area (Å²) < 4.78 is 4.51. The molecule has 0 unspecified atom stereocenters. The summed E-state index contributed by atoms with van der Waals surface area (Å²) in [7, 11) is 1.17. The Morgan fingerprint density at radius 1 is 1.41 bits per heavy atom. The summed E-state index contributed by atoms with van der Waals surface area (Å²) in [5, 5.41) is 25.4. The van der Waals surface area contributed by atoms with Crippen molar-refractivity contribution in [2.24, 2.45) is 5.10 Å². The van der Waals surface area contributed by atoms with E-state index in [9.17, 15) is 24.8 Å². The summed E-state index contributed by atoms with van der Waals surface area (Å²) in [5.74, 6) is -1.42. The minimum atomic E-state index is -1.68. The van der Waals surface area contributed by atoms with Crippen molar-refractivity contribution in [2.75, 3.05) is 7.11 Å². The number of nitro groups is 1. The fourth-order valence-electron chi connectivity index (χ4n) is 2.00. The first-order chi connectivity index (χ1) is 10.3. The highest BCUT2D eigenvalue weighted by Gasteiger charge is 2.43. The number of hydrogen-bond acceptors (Lipinski definition) is 7. The molecule has 0 saturated carbocycles. The number of hydrazone groups is 1. The number of hydrogen-bond donors (Lipinski definition) is 1. The number of nitro benzene ring substituents is 1. The van der Waals surface area contributed by atoms with Crippen LogP contribution < -0.4 is 0 Å². The van der Waals surface area contributed by atoms with E-state index in [2.05, 4.69) is 9.84 Å². The van der Waals surface area contributed by atoms with Gasteiger partial charge < -0.3 is 9.84 Å². The number of carbonyl (C=O) groups is 2. The van der Waals surface area contributed by atoms with Crippen LogP contribution in [0.2, 0.25) is 0 Å². The topological polar surface area (TPSA) is 122 Å². The van der Waals surface area contributed by atoms with Crippen molar-refractivity contribution in [3.8, 4) is 0 Å². The number of amides is 1.